The van der Waals surface area contributed by atoms with E-state index in [1.807, 2.05) is 0 Å². The molecule has 0 amide bonds. The summed E-state index contributed by atoms with van der Waals surface area (Å²) in [5.74, 6) is 0.573. The van der Waals surface area contributed by atoms with Crippen LogP contribution in [-0.4, -0.2) is 10.9 Å². The van der Waals surface area contributed by atoms with E-state index in [1.54, 1.807) is 60.7 Å². The van der Waals surface area contributed by atoms with Gasteiger partial charge in [0.1, 0.15) is 11.5 Å². The van der Waals surface area contributed by atoms with Crippen molar-refractivity contribution in [2.75, 3.05) is 0 Å². The van der Waals surface area contributed by atoms with E-state index in [4.69, 9.17) is 14.8 Å². The summed E-state index contributed by atoms with van der Waals surface area (Å²) in [6.45, 7) is 0. The number of nitrogens with two attached hydrogens (primary N) is 1. The van der Waals surface area contributed by atoms with Crippen molar-refractivity contribution in [1.29, 1.82) is 0 Å². The second-order valence-electron chi connectivity index (χ2n) is 5.68. The predicted molar refractivity (Wildman–Crippen MR) is 95.0 cm³/mol. The molecule has 0 spiro atoms. The maximum absolute atomic E-state index is 11.7. The summed E-state index contributed by atoms with van der Waals surface area (Å²) in [5.41, 5.74) is 5.63. The molecular formula is C18H24NO4P. The maximum Gasteiger partial charge on any atom is 0.584 e. The Kier molecular flexibility index (Phi) is 7.32. The Hall–Kier alpha value is -1.81. The van der Waals surface area contributed by atoms with Crippen molar-refractivity contribution in [3.63, 3.8) is 0 Å². The minimum atomic E-state index is -4.14. The van der Waals surface area contributed by atoms with Gasteiger partial charge in [0.25, 0.3) is 0 Å². The molecule has 1 aliphatic rings. The summed E-state index contributed by atoms with van der Waals surface area (Å²) in [6, 6.07) is 17.3. The number of hydrogen-bond donors (Lipinski definition) is 2. The molecule has 0 radical (unpaired) electrons. The van der Waals surface area contributed by atoms with Crippen molar-refractivity contribution in [3.05, 3.63) is 60.7 Å². The van der Waals surface area contributed by atoms with Crippen molar-refractivity contribution < 1.29 is 18.5 Å². The third-order valence-corrected chi connectivity index (χ3v) is 4.46. The fourth-order valence-electron chi connectivity index (χ4n) is 2.38. The van der Waals surface area contributed by atoms with E-state index in [-0.39, 0.29) is 11.5 Å². The van der Waals surface area contributed by atoms with Crippen molar-refractivity contribution in [1.82, 2.24) is 0 Å². The summed E-state index contributed by atoms with van der Waals surface area (Å²) in [6.07, 6.45) is 6.66. The Balaban J connectivity index is 0.000000249. The lowest BCUT2D eigenvalue weighted by Gasteiger charge is -2.15. The van der Waals surface area contributed by atoms with Crippen molar-refractivity contribution >= 4 is 7.82 Å². The SMILES string of the molecule is NC1CCCCC1.O=P(O)(Oc1ccccc1)Oc1ccccc1. The molecule has 1 aliphatic carbocycles. The molecule has 2 aromatic rings. The van der Waals surface area contributed by atoms with Crippen LogP contribution < -0.4 is 14.8 Å². The van der Waals surface area contributed by atoms with Crippen LogP contribution in [0.3, 0.4) is 0 Å². The molecule has 24 heavy (non-hydrogen) atoms. The van der Waals surface area contributed by atoms with Crippen molar-refractivity contribution in [2.24, 2.45) is 5.73 Å². The first-order valence-corrected chi connectivity index (χ1v) is 9.62. The summed E-state index contributed by atoms with van der Waals surface area (Å²) in [4.78, 5) is 9.53. The summed E-state index contributed by atoms with van der Waals surface area (Å²) >= 11 is 0. The lowest BCUT2D eigenvalue weighted by Crippen LogP contribution is -2.22. The van der Waals surface area contributed by atoms with Gasteiger partial charge in [-0.3, -0.25) is 4.89 Å². The van der Waals surface area contributed by atoms with Crippen LogP contribution in [0.1, 0.15) is 32.1 Å². The summed E-state index contributed by atoms with van der Waals surface area (Å²) in [7, 11) is -4.14. The zero-order valence-corrected chi connectivity index (χ0v) is 14.5. The minimum absolute atomic E-state index is 0.286. The van der Waals surface area contributed by atoms with Crippen LogP contribution in [0.2, 0.25) is 0 Å². The Morgan fingerprint density at radius 3 is 1.58 bits per heavy atom. The average molecular weight is 349 g/mol. The van der Waals surface area contributed by atoms with E-state index < -0.39 is 7.82 Å². The van der Waals surface area contributed by atoms with Crippen LogP contribution in [0.15, 0.2) is 60.7 Å². The first kappa shape index (κ1) is 18.5. The predicted octanol–water partition coefficient (Wildman–Crippen LogP) is 4.52. The lowest BCUT2D eigenvalue weighted by molar-refractivity contribution is 0.291. The molecule has 0 unspecified atom stereocenters. The van der Waals surface area contributed by atoms with Crippen LogP contribution in [-0.2, 0) is 4.57 Å². The molecule has 0 aliphatic heterocycles. The van der Waals surface area contributed by atoms with Gasteiger partial charge in [-0.25, -0.2) is 4.57 Å². The third kappa shape index (κ3) is 7.18. The van der Waals surface area contributed by atoms with Gasteiger partial charge >= 0.3 is 7.82 Å². The molecule has 0 aromatic heterocycles. The molecule has 2 aromatic carbocycles. The van der Waals surface area contributed by atoms with Gasteiger partial charge in [-0.15, -0.1) is 0 Å². The van der Waals surface area contributed by atoms with Crippen molar-refractivity contribution in [3.8, 4) is 11.5 Å². The quantitative estimate of drug-likeness (QED) is 0.793. The molecule has 0 heterocycles. The number of rotatable bonds is 4. The van der Waals surface area contributed by atoms with Gasteiger partial charge in [-0.05, 0) is 37.1 Å². The highest BCUT2D eigenvalue weighted by Gasteiger charge is 2.24. The zero-order valence-electron chi connectivity index (χ0n) is 13.6. The number of phosphoric acid groups is 1. The molecule has 6 heteroatoms. The monoisotopic (exact) mass is 349 g/mol. The Bertz CT molecular complexity index is 584. The highest BCUT2D eigenvalue weighted by Crippen LogP contribution is 2.44. The molecule has 1 fully saturated rings. The normalized spacial score (nSPS) is 15.1. The zero-order chi connectivity index (χ0) is 17.3. The second kappa shape index (κ2) is 9.48. The standard InChI is InChI=1S/C12H11O4P.C6H13N/c13-17(14,15-11-7-3-1-4-8-11)16-12-9-5-2-6-10-12;7-6-4-2-1-3-5-6/h1-10H,(H,13,14);6H,1-5,7H2. The van der Waals surface area contributed by atoms with Gasteiger partial charge in [0, 0.05) is 6.04 Å². The van der Waals surface area contributed by atoms with Crippen LogP contribution in [0, 0.1) is 0 Å². The molecule has 0 atom stereocenters. The number of phosphoric ester groups is 1. The van der Waals surface area contributed by atoms with Gasteiger partial charge in [0.15, 0.2) is 0 Å². The average Bonchev–Trinajstić information content (AvgIpc) is 2.57. The van der Waals surface area contributed by atoms with Crippen LogP contribution in [0.25, 0.3) is 0 Å². The van der Waals surface area contributed by atoms with E-state index in [0.29, 0.717) is 6.04 Å². The van der Waals surface area contributed by atoms with E-state index in [0.717, 1.165) is 0 Å². The van der Waals surface area contributed by atoms with Gasteiger partial charge in [-0.1, -0.05) is 55.7 Å². The maximum atomic E-state index is 11.7. The number of para-hydroxylation sites is 2. The van der Waals surface area contributed by atoms with E-state index in [9.17, 15) is 9.46 Å². The Labute approximate surface area is 143 Å². The molecule has 1 saturated carbocycles. The minimum Gasteiger partial charge on any atom is -0.395 e. The second-order valence-corrected chi connectivity index (χ2v) is 6.98. The lowest BCUT2D eigenvalue weighted by atomic mass is 9.97. The van der Waals surface area contributed by atoms with Crippen LogP contribution >= 0.6 is 7.82 Å². The van der Waals surface area contributed by atoms with Gasteiger partial charge in [0.2, 0.25) is 0 Å². The summed E-state index contributed by atoms with van der Waals surface area (Å²) in [5, 5.41) is 0. The number of benzene rings is 2. The van der Waals surface area contributed by atoms with Gasteiger partial charge < -0.3 is 14.8 Å². The highest BCUT2D eigenvalue weighted by molar-refractivity contribution is 7.48. The van der Waals surface area contributed by atoms with Gasteiger partial charge in [0.05, 0.1) is 0 Å². The fraction of sp³-hybridized carbons (Fsp3) is 0.333. The molecule has 5 nitrogen and oxygen atoms in total. The molecule has 130 valence electrons. The van der Waals surface area contributed by atoms with E-state index >= 15 is 0 Å². The molecular weight excluding hydrogens is 325 g/mol. The first-order valence-electron chi connectivity index (χ1n) is 8.13. The third-order valence-electron chi connectivity index (χ3n) is 3.58. The van der Waals surface area contributed by atoms with E-state index in [1.165, 1.54) is 32.1 Å². The molecule has 3 rings (SSSR count). The van der Waals surface area contributed by atoms with Gasteiger partial charge in [-0.2, -0.15) is 0 Å². The highest BCUT2D eigenvalue weighted by atomic mass is 31.2. The largest absolute Gasteiger partial charge is 0.584 e. The van der Waals surface area contributed by atoms with Crippen molar-refractivity contribution in [2.45, 2.75) is 38.1 Å². The Morgan fingerprint density at radius 1 is 0.833 bits per heavy atom. The molecule has 0 bridgehead atoms. The topological polar surface area (TPSA) is 81.8 Å². The van der Waals surface area contributed by atoms with E-state index in [2.05, 4.69) is 0 Å². The molecule has 0 saturated heterocycles. The smallest absolute Gasteiger partial charge is 0.395 e. The Morgan fingerprint density at radius 2 is 1.25 bits per heavy atom. The fourth-order valence-corrected chi connectivity index (χ4v) is 3.20. The summed E-state index contributed by atoms with van der Waals surface area (Å²) < 4.78 is 21.5. The molecule has 3 N–H and O–H groups in total. The first-order chi connectivity index (χ1) is 11.6. The number of hydrogen-bond acceptors (Lipinski definition) is 4. The van der Waals surface area contributed by atoms with Crippen LogP contribution in [0.5, 0.6) is 11.5 Å². The van der Waals surface area contributed by atoms with Crippen LogP contribution in [0.4, 0.5) is 0 Å².